The van der Waals surface area contributed by atoms with Gasteiger partial charge in [-0.05, 0) is 64.1 Å². The summed E-state index contributed by atoms with van der Waals surface area (Å²) in [6.07, 6.45) is 3.96. The Hall–Kier alpha value is -4.26. The summed E-state index contributed by atoms with van der Waals surface area (Å²) < 4.78 is 1.73. The van der Waals surface area contributed by atoms with Crippen LogP contribution in [0.15, 0.2) is 97.6 Å². The Bertz CT molecular complexity index is 1760. The lowest BCUT2D eigenvalue weighted by molar-refractivity contribution is -0.118. The van der Waals surface area contributed by atoms with E-state index in [1.54, 1.807) is 11.0 Å². The fourth-order valence-corrected chi connectivity index (χ4v) is 6.36. The van der Waals surface area contributed by atoms with Crippen LogP contribution in [0.4, 0.5) is 5.69 Å². The molecule has 1 saturated carbocycles. The first kappa shape index (κ1) is 25.7. The van der Waals surface area contributed by atoms with E-state index in [0.717, 1.165) is 56.7 Å². The summed E-state index contributed by atoms with van der Waals surface area (Å²) in [5.41, 5.74) is 8.22. The number of aromatic nitrogens is 3. The van der Waals surface area contributed by atoms with Crippen molar-refractivity contribution in [3.63, 3.8) is 0 Å². The van der Waals surface area contributed by atoms with Crippen molar-refractivity contribution in [1.82, 2.24) is 14.8 Å². The number of halogens is 1. The lowest BCUT2D eigenvalue weighted by Gasteiger charge is -2.22. The number of nitrogens with zero attached hydrogens (tertiary/aromatic N) is 3. The molecule has 7 heteroatoms. The molecule has 1 aliphatic heterocycles. The summed E-state index contributed by atoms with van der Waals surface area (Å²) >= 11 is 6.77. The molecule has 1 aromatic heterocycles. The SMILES string of the molecule is CC(C)(CO)c1ccc(C2CC23C(=O)Nc2cc(Cl)c(-c4ccc(-c5ccc(-n6cncn6)cc5)cc4)cc23)cc1. The number of rotatable bonds is 6. The molecule has 5 aromatic rings. The second-order valence-corrected chi connectivity index (χ2v) is 12.1. The Kier molecular flexibility index (Phi) is 5.89. The molecule has 7 rings (SSSR count). The van der Waals surface area contributed by atoms with Crippen molar-refractivity contribution in [1.29, 1.82) is 0 Å². The number of anilines is 1. The van der Waals surface area contributed by atoms with Gasteiger partial charge in [-0.2, -0.15) is 5.10 Å². The van der Waals surface area contributed by atoms with Gasteiger partial charge >= 0.3 is 0 Å². The van der Waals surface area contributed by atoms with Gasteiger partial charge in [0.05, 0.1) is 22.7 Å². The summed E-state index contributed by atoms with van der Waals surface area (Å²) in [5, 5.41) is 17.6. The Morgan fingerprint density at radius 2 is 1.63 bits per heavy atom. The highest BCUT2D eigenvalue weighted by Gasteiger charge is 2.65. The van der Waals surface area contributed by atoms with Crippen molar-refractivity contribution in [2.75, 3.05) is 11.9 Å². The molecule has 0 radical (unpaired) electrons. The predicted molar refractivity (Wildman–Crippen MR) is 161 cm³/mol. The average molecular weight is 561 g/mol. The zero-order chi connectivity index (χ0) is 28.4. The van der Waals surface area contributed by atoms with Crippen molar-refractivity contribution in [2.24, 2.45) is 0 Å². The molecule has 1 fully saturated rings. The van der Waals surface area contributed by atoms with Crippen molar-refractivity contribution in [3.8, 4) is 27.9 Å². The third-order valence-electron chi connectivity index (χ3n) is 8.77. The van der Waals surface area contributed by atoms with Crippen molar-refractivity contribution >= 4 is 23.2 Å². The molecular formula is C34H29ClN4O2. The van der Waals surface area contributed by atoms with Gasteiger partial charge in [0.25, 0.3) is 0 Å². The number of benzene rings is 4. The summed E-state index contributed by atoms with van der Waals surface area (Å²) in [7, 11) is 0. The van der Waals surface area contributed by atoms with E-state index in [1.807, 2.05) is 32.0 Å². The standard InChI is InChI=1S/C34H29ClN4O2/c1-33(2,18-40)25-11-7-24(8-12-25)29-17-34(29)28-15-27(30(35)16-31(28)38-32(34)41)23-5-3-21(4-6-23)22-9-13-26(14-10-22)39-20-36-19-37-39/h3-16,19-20,29,40H,17-18H2,1-2H3,(H,38,41). The topological polar surface area (TPSA) is 80.0 Å². The Morgan fingerprint density at radius 3 is 2.27 bits per heavy atom. The van der Waals surface area contributed by atoms with Crippen LogP contribution >= 0.6 is 11.6 Å². The monoisotopic (exact) mass is 560 g/mol. The van der Waals surface area contributed by atoms with E-state index >= 15 is 0 Å². The second-order valence-electron chi connectivity index (χ2n) is 11.7. The molecule has 2 aliphatic rings. The minimum atomic E-state index is -0.575. The van der Waals surface area contributed by atoms with Gasteiger partial charge in [-0.3, -0.25) is 4.79 Å². The van der Waals surface area contributed by atoms with Gasteiger partial charge in [0.1, 0.15) is 12.7 Å². The van der Waals surface area contributed by atoms with Crippen LogP contribution in [-0.2, 0) is 15.6 Å². The number of carbonyl (C=O) groups excluding carboxylic acids is 1. The fraction of sp³-hybridized carbons (Fsp3) is 0.206. The van der Waals surface area contributed by atoms with Crippen molar-refractivity contribution in [2.45, 2.75) is 37.0 Å². The Balaban J connectivity index is 1.17. The molecule has 6 nitrogen and oxygen atoms in total. The van der Waals surface area contributed by atoms with Crippen LogP contribution in [0.5, 0.6) is 0 Å². The fourth-order valence-electron chi connectivity index (χ4n) is 6.09. The first-order chi connectivity index (χ1) is 19.8. The van der Waals surface area contributed by atoms with Crippen molar-refractivity contribution in [3.05, 3.63) is 119 Å². The van der Waals surface area contributed by atoms with E-state index in [4.69, 9.17) is 11.6 Å². The number of aliphatic hydroxyl groups is 1. The van der Waals surface area contributed by atoms with Crippen LogP contribution in [0.25, 0.3) is 27.9 Å². The molecule has 2 heterocycles. The molecule has 2 atom stereocenters. The molecular weight excluding hydrogens is 532 g/mol. The zero-order valence-electron chi connectivity index (χ0n) is 22.8. The predicted octanol–water partition coefficient (Wildman–Crippen LogP) is 6.90. The highest BCUT2D eigenvalue weighted by Crippen LogP contribution is 2.65. The maximum absolute atomic E-state index is 13.3. The molecule has 41 heavy (non-hydrogen) atoms. The van der Waals surface area contributed by atoms with Gasteiger partial charge in [0.2, 0.25) is 5.91 Å². The maximum atomic E-state index is 13.3. The summed E-state index contributed by atoms with van der Waals surface area (Å²) in [4.78, 5) is 17.3. The number of amides is 1. The molecule has 1 aliphatic carbocycles. The summed E-state index contributed by atoms with van der Waals surface area (Å²) in [6, 6.07) is 28.9. The van der Waals surface area contributed by atoms with Crippen LogP contribution in [0, 0.1) is 0 Å². The Morgan fingerprint density at radius 1 is 0.976 bits per heavy atom. The van der Waals surface area contributed by atoms with Gasteiger partial charge in [-0.25, -0.2) is 9.67 Å². The third-order valence-corrected chi connectivity index (χ3v) is 9.08. The van der Waals surface area contributed by atoms with Crippen molar-refractivity contribution < 1.29 is 9.90 Å². The summed E-state index contributed by atoms with van der Waals surface area (Å²) in [6.45, 7) is 4.13. The lowest BCUT2D eigenvalue weighted by Crippen LogP contribution is -2.22. The third kappa shape index (κ3) is 4.17. The zero-order valence-corrected chi connectivity index (χ0v) is 23.6. The molecule has 1 amide bonds. The highest BCUT2D eigenvalue weighted by atomic mass is 35.5. The van der Waals surface area contributed by atoms with Gasteiger partial charge in [-0.1, -0.05) is 86.1 Å². The lowest BCUT2D eigenvalue weighted by atomic mass is 9.84. The summed E-state index contributed by atoms with van der Waals surface area (Å²) in [5.74, 6) is 0.141. The van der Waals surface area contributed by atoms with E-state index in [2.05, 4.69) is 82.1 Å². The molecule has 4 aromatic carbocycles. The molecule has 1 spiro atoms. The van der Waals surface area contributed by atoms with Crippen LogP contribution in [0.1, 0.15) is 42.9 Å². The van der Waals surface area contributed by atoms with E-state index in [-0.39, 0.29) is 23.8 Å². The maximum Gasteiger partial charge on any atom is 0.235 e. The van der Waals surface area contributed by atoms with Crippen LogP contribution in [0.2, 0.25) is 5.02 Å². The number of nitrogens with one attached hydrogen (secondary N) is 1. The number of fused-ring (bicyclic) bond motifs is 2. The minimum Gasteiger partial charge on any atom is -0.395 e. The molecule has 2 N–H and O–H groups in total. The first-order valence-electron chi connectivity index (χ1n) is 13.7. The van der Waals surface area contributed by atoms with Gasteiger partial charge in [0.15, 0.2) is 0 Å². The minimum absolute atomic E-state index is 0.0372. The molecule has 204 valence electrons. The molecule has 2 unspecified atom stereocenters. The van der Waals surface area contributed by atoms with Crippen LogP contribution in [0.3, 0.4) is 0 Å². The van der Waals surface area contributed by atoms with Gasteiger partial charge < -0.3 is 10.4 Å². The van der Waals surface area contributed by atoms with E-state index < -0.39 is 5.41 Å². The number of hydrogen-bond donors (Lipinski definition) is 2. The quantitative estimate of drug-likeness (QED) is 0.237. The van der Waals surface area contributed by atoms with E-state index in [9.17, 15) is 9.90 Å². The van der Waals surface area contributed by atoms with Gasteiger partial charge in [0, 0.05) is 22.6 Å². The normalized spacial score (nSPS) is 19.3. The first-order valence-corrected chi connectivity index (χ1v) is 14.1. The second kappa shape index (κ2) is 9.40. The smallest absolute Gasteiger partial charge is 0.235 e. The molecule has 0 saturated heterocycles. The van der Waals surface area contributed by atoms with E-state index in [1.165, 1.54) is 6.33 Å². The van der Waals surface area contributed by atoms with Crippen LogP contribution < -0.4 is 5.32 Å². The largest absolute Gasteiger partial charge is 0.395 e. The highest BCUT2D eigenvalue weighted by molar-refractivity contribution is 6.34. The Labute approximate surface area is 243 Å². The van der Waals surface area contributed by atoms with E-state index in [0.29, 0.717) is 5.02 Å². The number of aliphatic hydroxyl groups excluding tert-OH is 1. The van der Waals surface area contributed by atoms with Crippen LogP contribution in [-0.4, -0.2) is 32.4 Å². The number of hydrogen-bond acceptors (Lipinski definition) is 4. The molecule has 0 bridgehead atoms. The van der Waals surface area contributed by atoms with Gasteiger partial charge in [-0.15, -0.1) is 0 Å². The average Bonchev–Trinajstić information content (AvgIpc) is 3.38. The number of carbonyl (C=O) groups is 1.